The van der Waals surface area contributed by atoms with Crippen LogP contribution in [0, 0.1) is 0 Å². The maximum atomic E-state index is 13.1. The van der Waals surface area contributed by atoms with E-state index >= 15 is 0 Å². The molecule has 2 aromatic carbocycles. The third-order valence-electron chi connectivity index (χ3n) is 10.8. The molecule has 4 aliphatic rings. The second-order valence-corrected chi connectivity index (χ2v) is 18.6. The Morgan fingerprint density at radius 2 is 1.52 bits per heavy atom. The van der Waals surface area contributed by atoms with Gasteiger partial charge in [0.2, 0.25) is 11.8 Å². The van der Waals surface area contributed by atoms with Crippen LogP contribution in [0.15, 0.2) is 85.7 Å². The number of aliphatic hydroxyl groups excluding tert-OH is 5. The number of nitrogens with one attached hydrogen (secondary N) is 3. The molecule has 0 bridgehead atoms. The van der Waals surface area contributed by atoms with Crippen molar-refractivity contribution in [3.8, 4) is 28.2 Å². The van der Waals surface area contributed by atoms with Gasteiger partial charge in [0.05, 0.1) is 18.8 Å². The van der Waals surface area contributed by atoms with Gasteiger partial charge in [0.25, 0.3) is 5.56 Å². The Morgan fingerprint density at radius 1 is 0.812 bits per heavy atom. The van der Waals surface area contributed by atoms with Crippen LogP contribution in [-0.2, 0) is 41.6 Å². The lowest BCUT2D eigenvalue weighted by molar-refractivity contribution is -0.248. The van der Waals surface area contributed by atoms with E-state index in [4.69, 9.17) is 18.4 Å². The van der Waals surface area contributed by atoms with Crippen LogP contribution in [0.3, 0.4) is 0 Å². The number of hydrogen-bond donors (Lipinski definition) is 12. The molecule has 0 radical (unpaired) electrons. The van der Waals surface area contributed by atoms with Crippen LogP contribution in [0.5, 0.6) is 5.75 Å². The summed E-state index contributed by atoms with van der Waals surface area (Å²) in [5.74, 6) is -3.07. The molecule has 11 atom stereocenters. The van der Waals surface area contributed by atoms with Gasteiger partial charge in [-0.15, -0.1) is 0 Å². The number of hydrogen-bond acceptors (Lipinski definition) is 20. The Labute approximate surface area is 385 Å². The molecule has 12 N–H and O–H groups in total. The number of aliphatic hydroxyl groups is 5. The number of phosphoric acid groups is 2. The number of amides is 2. The van der Waals surface area contributed by atoms with Crippen LogP contribution >= 0.6 is 15.6 Å². The van der Waals surface area contributed by atoms with Gasteiger partial charge in [0.1, 0.15) is 59.8 Å². The molecule has 2 fully saturated rings. The molecular weight excluding hydrogens is 966 g/mol. The minimum atomic E-state index is -5.87. The number of phenolic OH excluding ortho intramolecular Hbond substituents is 1. The second kappa shape index (κ2) is 20.5. The average Bonchev–Trinajstić information content (AvgIpc) is 3.55. The largest absolute Gasteiger partial charge is 0.508 e. The molecule has 3 aliphatic heterocycles. The molecule has 1 aromatic heterocycles. The van der Waals surface area contributed by atoms with Gasteiger partial charge in [-0.1, -0.05) is 6.07 Å². The van der Waals surface area contributed by atoms with Gasteiger partial charge in [-0.3, -0.25) is 37.8 Å². The quantitative estimate of drug-likeness (QED) is 0.0409. The lowest BCUT2D eigenvalue weighted by Gasteiger charge is -2.42. The SMILES string of the molecule is O=C(CCCC(=O)N[C@H]1[C@@H](OP(=O)(O)OP(=O)(O)OC[C@H]2O[C@@H](n3ccc(=O)[nH]c3=O)[C@H](O)[C@@H]2O)O[C@H](CO)[C@@H](O)[C@@H]1O)Nc1ccc(-c2c3ccc(=O)cc-3oc3cc(O)ccc23)c(C(=O)O)c1. The highest BCUT2D eigenvalue weighted by molar-refractivity contribution is 7.61. The van der Waals surface area contributed by atoms with Crippen molar-refractivity contribution in [1.29, 1.82) is 0 Å². The summed E-state index contributed by atoms with van der Waals surface area (Å²) >= 11 is 0. The number of aromatic carboxylic acids is 1. The van der Waals surface area contributed by atoms with E-state index in [9.17, 15) is 83.4 Å². The van der Waals surface area contributed by atoms with Gasteiger partial charge in [-0.25, -0.2) is 18.7 Å². The average molecular weight is 1010 g/mol. The molecule has 0 spiro atoms. The first-order valence-corrected chi connectivity index (χ1v) is 23.4. The van der Waals surface area contributed by atoms with Gasteiger partial charge >= 0.3 is 27.3 Å². The van der Waals surface area contributed by atoms with Crippen molar-refractivity contribution in [1.82, 2.24) is 14.9 Å². The van der Waals surface area contributed by atoms with Crippen LogP contribution in [0.1, 0.15) is 35.8 Å². The number of fused-ring (bicyclic) bond motifs is 2. The summed E-state index contributed by atoms with van der Waals surface area (Å²) < 4.78 is 56.7. The fraction of sp³-hybridized carbons (Fsp3) is 0.350. The number of nitrogens with zero attached hydrogens (tertiary/aromatic N) is 1. The highest BCUT2D eigenvalue weighted by Gasteiger charge is 2.50. The van der Waals surface area contributed by atoms with E-state index in [1.165, 1.54) is 54.6 Å². The molecule has 0 saturated carbocycles. The summed E-state index contributed by atoms with van der Waals surface area (Å²) in [6, 6.07) is 11.1. The molecule has 27 nitrogen and oxygen atoms in total. The van der Waals surface area contributed by atoms with Crippen molar-refractivity contribution in [2.45, 2.75) is 74.4 Å². The number of carbonyl (C=O) groups excluding carboxylic acids is 2. The zero-order chi connectivity index (χ0) is 50.1. The number of aromatic hydroxyl groups is 1. The van der Waals surface area contributed by atoms with Gasteiger partial charge < -0.3 is 70.1 Å². The molecule has 69 heavy (non-hydrogen) atoms. The number of carbonyl (C=O) groups is 3. The van der Waals surface area contributed by atoms with E-state index in [1.54, 1.807) is 0 Å². The highest BCUT2D eigenvalue weighted by Crippen LogP contribution is 2.61. The van der Waals surface area contributed by atoms with Crippen molar-refractivity contribution in [3.05, 3.63) is 103 Å². The fourth-order valence-electron chi connectivity index (χ4n) is 7.58. The number of aromatic amines is 1. The number of anilines is 1. The fourth-order valence-corrected chi connectivity index (χ4v) is 9.74. The van der Waals surface area contributed by atoms with E-state index in [2.05, 4.69) is 19.5 Å². The Hall–Kier alpha value is -6.00. The Morgan fingerprint density at radius 3 is 2.23 bits per heavy atom. The molecule has 29 heteroatoms. The number of benzene rings is 3. The number of carboxylic acid groups (broad SMARTS) is 1. The van der Waals surface area contributed by atoms with Gasteiger partial charge in [0, 0.05) is 59.4 Å². The van der Waals surface area contributed by atoms with Crippen molar-refractivity contribution in [3.63, 3.8) is 0 Å². The Balaban J connectivity index is 0.961. The van der Waals surface area contributed by atoms with Crippen molar-refractivity contribution in [2.24, 2.45) is 0 Å². The van der Waals surface area contributed by atoms with Crippen LogP contribution in [0.25, 0.3) is 33.4 Å². The topological polar surface area (TPSA) is 423 Å². The maximum Gasteiger partial charge on any atom is 0.483 e. The molecule has 370 valence electrons. The molecule has 1 aliphatic carbocycles. The summed E-state index contributed by atoms with van der Waals surface area (Å²) in [5.41, 5.74) is -1.36. The van der Waals surface area contributed by atoms with E-state index in [0.29, 0.717) is 21.1 Å². The normalized spacial score (nSPS) is 25.5. The summed E-state index contributed by atoms with van der Waals surface area (Å²) in [6.07, 6.45) is -15.2. The number of aromatic nitrogens is 2. The maximum absolute atomic E-state index is 13.1. The minimum absolute atomic E-state index is 0.0419. The second-order valence-electron chi connectivity index (χ2n) is 15.6. The van der Waals surface area contributed by atoms with Crippen molar-refractivity contribution < 1.29 is 96.3 Å². The van der Waals surface area contributed by atoms with E-state index < -0.39 is 119 Å². The van der Waals surface area contributed by atoms with E-state index in [1.807, 2.05) is 4.98 Å². The predicted octanol–water partition coefficient (Wildman–Crippen LogP) is -0.579. The first-order valence-electron chi connectivity index (χ1n) is 20.4. The zero-order valence-corrected chi connectivity index (χ0v) is 37.0. The number of H-pyrrole nitrogens is 1. The van der Waals surface area contributed by atoms with E-state index in [0.717, 1.165) is 12.3 Å². The summed E-state index contributed by atoms with van der Waals surface area (Å²) in [4.78, 5) is 96.9. The highest BCUT2D eigenvalue weighted by atomic mass is 31.3. The molecule has 2 amide bonds. The number of phosphoric ester groups is 2. The van der Waals surface area contributed by atoms with Crippen molar-refractivity contribution >= 4 is 50.1 Å². The molecule has 2 saturated heterocycles. The monoisotopic (exact) mass is 1010 g/mol. The third kappa shape index (κ3) is 11.6. The summed E-state index contributed by atoms with van der Waals surface area (Å²) in [5, 5.41) is 77.2. The number of carboxylic acids is 1. The van der Waals surface area contributed by atoms with E-state index in [-0.39, 0.29) is 52.2 Å². The molecule has 4 heterocycles. The van der Waals surface area contributed by atoms with Crippen LogP contribution in [0.2, 0.25) is 0 Å². The van der Waals surface area contributed by atoms with Gasteiger partial charge in [-0.2, -0.15) is 4.31 Å². The standard InChI is InChI=1S/C40H42N4O23P2/c45-15-26-33(51)35(53)32(39(65-26)66-69(60,61)67-68(58,59)62-16-27-34(52)36(54)37(64-27)44-11-10-30(50)43-40(44)57)42-29(49)3-1-2-28(48)41-17-4-7-20(23(12-17)38(55)56)31-21-8-5-18(46)13-24(21)63-25-14-19(47)6-9-22(25)31/h4-14,26-27,32-37,39,45-46,51-54H,1-3,15-16H2,(H,41,48)(H,42,49)(H,55,56)(H,58,59)(H,60,61)(H,43,50,57)/t26-,27-,32-,33-,34-,35-,36-,37-,39-/m1/s1. The summed E-state index contributed by atoms with van der Waals surface area (Å²) in [7, 11) is -11.6. The van der Waals surface area contributed by atoms with Gasteiger partial charge in [-0.05, 0) is 48.4 Å². The number of ether oxygens (including phenoxy) is 2. The lowest BCUT2D eigenvalue weighted by atomic mass is 9.90. The minimum Gasteiger partial charge on any atom is -0.508 e. The predicted molar refractivity (Wildman–Crippen MR) is 230 cm³/mol. The summed E-state index contributed by atoms with van der Waals surface area (Å²) in [6.45, 7) is -2.14. The Bertz CT molecular complexity index is 3010. The molecule has 3 aromatic rings. The molecular formula is C40H42N4O23P2. The van der Waals surface area contributed by atoms with Crippen LogP contribution < -0.4 is 27.3 Å². The number of rotatable bonds is 17. The third-order valence-corrected chi connectivity index (χ3v) is 13.4. The van der Waals surface area contributed by atoms with Crippen LogP contribution in [0.4, 0.5) is 5.69 Å². The molecule has 2 unspecified atom stereocenters. The zero-order valence-electron chi connectivity index (χ0n) is 35.2. The first kappa shape index (κ1) is 50.9. The van der Waals surface area contributed by atoms with Gasteiger partial charge in [0.15, 0.2) is 17.9 Å². The lowest BCUT2D eigenvalue weighted by Crippen LogP contribution is -2.64. The van der Waals surface area contributed by atoms with Crippen LogP contribution in [-0.4, -0.2) is 135 Å². The first-order chi connectivity index (χ1) is 32.5. The smallest absolute Gasteiger partial charge is 0.483 e. The Kier molecular flexibility index (Phi) is 15.1. The number of phenols is 1. The van der Waals surface area contributed by atoms with Crippen molar-refractivity contribution in [2.75, 3.05) is 18.5 Å². The molecule has 7 rings (SSSR count).